The molecule has 228 valence electrons. The second-order valence-electron chi connectivity index (χ2n) is 12.3. The summed E-state index contributed by atoms with van der Waals surface area (Å²) >= 11 is 0. The molecule has 1 aliphatic rings. The first-order valence-electron chi connectivity index (χ1n) is 14.5. The zero-order valence-corrected chi connectivity index (χ0v) is 26.9. The molecule has 10 heteroatoms. The summed E-state index contributed by atoms with van der Waals surface area (Å²) in [5, 5.41) is 10.5. The van der Waals surface area contributed by atoms with Crippen molar-refractivity contribution in [2.75, 3.05) is 48.1 Å². The lowest BCUT2D eigenvalue weighted by Gasteiger charge is -2.30. The van der Waals surface area contributed by atoms with Crippen LogP contribution in [0.2, 0.25) is 0 Å². The Morgan fingerprint density at radius 1 is 1.02 bits per heavy atom. The molecule has 0 amide bonds. The minimum absolute atomic E-state index is 0.0896. The van der Waals surface area contributed by atoms with Crippen molar-refractivity contribution in [1.82, 2.24) is 20.3 Å². The number of rotatable bonds is 9. The Balaban J connectivity index is 1.43. The van der Waals surface area contributed by atoms with Gasteiger partial charge in [-0.2, -0.15) is 0 Å². The van der Waals surface area contributed by atoms with Crippen LogP contribution in [0, 0.1) is 6.92 Å². The molecule has 0 spiro atoms. The predicted molar refractivity (Wildman–Crippen MR) is 182 cm³/mol. The van der Waals surface area contributed by atoms with E-state index in [4.69, 9.17) is 9.72 Å². The predicted octanol–water partition coefficient (Wildman–Crippen LogP) is 7.24. The maximum absolute atomic E-state index is 10.6. The van der Waals surface area contributed by atoms with Gasteiger partial charge in [-0.05, 0) is 77.9 Å². The number of nitrogens with one attached hydrogen (secondary N) is 4. The molecule has 0 aliphatic carbocycles. The van der Waals surface area contributed by atoms with Crippen molar-refractivity contribution in [1.29, 1.82) is 0 Å². The first-order valence-corrected chi connectivity index (χ1v) is 16.9. The summed E-state index contributed by atoms with van der Waals surface area (Å²) in [6.07, 6.45) is 8.32. The van der Waals surface area contributed by atoms with Gasteiger partial charge in [-0.15, -0.1) is 0 Å². The number of benzene rings is 2. The van der Waals surface area contributed by atoms with Gasteiger partial charge in [0, 0.05) is 31.3 Å². The summed E-state index contributed by atoms with van der Waals surface area (Å²) in [7, 11) is -0.352. The highest BCUT2D eigenvalue weighted by molar-refractivity contribution is 8.29. The van der Waals surface area contributed by atoms with Crippen LogP contribution in [0.3, 0.4) is 0 Å². The standard InChI is InChI=1S/C33H43N7O2S/c1-21-8-9-22(19-35-28-17-24(33(2,3)4)18-29(31(28)42-5)40-43(6,7)41)16-27(21)39-32-30-26(36-20-37-32)11-10-25(38-30)23-12-14-34-15-13-23/h8-12,16-18,20,34-35,40-41H,13-15,19H2,1-7H3,(H,36,37,39). The summed E-state index contributed by atoms with van der Waals surface area (Å²) in [5.41, 5.74) is 9.58. The molecule has 3 heterocycles. The number of hydrogen-bond donors (Lipinski definition) is 5. The van der Waals surface area contributed by atoms with Gasteiger partial charge in [0.15, 0.2) is 11.6 Å². The average Bonchev–Trinajstić information content (AvgIpc) is 2.96. The molecule has 5 rings (SSSR count). The van der Waals surface area contributed by atoms with Crippen LogP contribution in [0.25, 0.3) is 16.6 Å². The highest BCUT2D eigenvalue weighted by Gasteiger charge is 2.22. The van der Waals surface area contributed by atoms with E-state index in [9.17, 15) is 4.55 Å². The lowest BCUT2D eigenvalue weighted by atomic mass is 9.86. The van der Waals surface area contributed by atoms with E-state index in [0.29, 0.717) is 18.1 Å². The van der Waals surface area contributed by atoms with Crippen molar-refractivity contribution in [3.05, 3.63) is 77.3 Å². The van der Waals surface area contributed by atoms with Crippen LogP contribution in [-0.4, -0.2) is 52.2 Å². The summed E-state index contributed by atoms with van der Waals surface area (Å²) < 4.78 is 19.7. The molecule has 2 aromatic carbocycles. The van der Waals surface area contributed by atoms with Crippen LogP contribution in [-0.2, 0) is 12.0 Å². The summed E-state index contributed by atoms with van der Waals surface area (Å²) in [6, 6.07) is 14.6. The topological polar surface area (TPSA) is 116 Å². The number of pyridine rings is 1. The van der Waals surface area contributed by atoms with Crippen molar-refractivity contribution in [3.63, 3.8) is 0 Å². The quantitative estimate of drug-likeness (QED) is 0.135. The molecule has 0 radical (unpaired) electrons. The number of methoxy groups -OCH3 is 1. The zero-order valence-electron chi connectivity index (χ0n) is 26.1. The molecule has 4 aromatic rings. The van der Waals surface area contributed by atoms with Crippen LogP contribution in [0.4, 0.5) is 22.9 Å². The van der Waals surface area contributed by atoms with E-state index in [1.807, 2.05) is 12.1 Å². The molecule has 0 fully saturated rings. The summed E-state index contributed by atoms with van der Waals surface area (Å²) in [6.45, 7) is 11.0. The Kier molecular flexibility index (Phi) is 8.82. The van der Waals surface area contributed by atoms with E-state index in [2.05, 4.69) is 94.7 Å². The van der Waals surface area contributed by atoms with Crippen LogP contribution in [0.15, 0.2) is 54.9 Å². The number of ether oxygens (including phenoxy) is 1. The van der Waals surface area contributed by atoms with Crippen LogP contribution >= 0.6 is 10.5 Å². The van der Waals surface area contributed by atoms with E-state index in [0.717, 1.165) is 70.0 Å². The molecule has 2 aromatic heterocycles. The number of aryl methyl sites for hydroxylation is 1. The summed E-state index contributed by atoms with van der Waals surface area (Å²) in [5.74, 6) is 1.35. The van der Waals surface area contributed by atoms with Crippen molar-refractivity contribution in [2.24, 2.45) is 0 Å². The minimum Gasteiger partial charge on any atom is -0.492 e. The summed E-state index contributed by atoms with van der Waals surface area (Å²) in [4.78, 5) is 14.0. The van der Waals surface area contributed by atoms with Gasteiger partial charge in [-0.25, -0.2) is 15.0 Å². The fourth-order valence-corrected chi connectivity index (χ4v) is 5.75. The third kappa shape index (κ3) is 7.38. The fourth-order valence-electron chi connectivity index (χ4n) is 5.06. The van der Waals surface area contributed by atoms with Crippen molar-refractivity contribution >= 4 is 50.0 Å². The molecule has 0 unspecified atom stereocenters. The first kappa shape index (κ1) is 30.6. The molecule has 5 N–H and O–H groups in total. The maximum Gasteiger partial charge on any atom is 0.165 e. The molecule has 0 bridgehead atoms. The first-order chi connectivity index (χ1) is 20.4. The minimum atomic E-state index is -2.01. The van der Waals surface area contributed by atoms with Crippen molar-refractivity contribution < 1.29 is 9.29 Å². The molecule has 0 atom stereocenters. The van der Waals surface area contributed by atoms with Gasteiger partial charge in [0.05, 0.1) is 29.7 Å². The molecule has 0 saturated heterocycles. The monoisotopic (exact) mass is 601 g/mol. The number of aromatic nitrogens is 3. The third-order valence-corrected chi connectivity index (χ3v) is 8.15. The van der Waals surface area contributed by atoms with Gasteiger partial charge < -0.3 is 30.0 Å². The van der Waals surface area contributed by atoms with Crippen molar-refractivity contribution in [2.45, 2.75) is 46.1 Å². The van der Waals surface area contributed by atoms with E-state index in [1.54, 1.807) is 25.9 Å². The zero-order chi connectivity index (χ0) is 30.8. The fraction of sp³-hybridized carbons (Fsp3) is 0.364. The van der Waals surface area contributed by atoms with Gasteiger partial charge in [-0.3, -0.25) is 0 Å². The Morgan fingerprint density at radius 2 is 1.81 bits per heavy atom. The van der Waals surface area contributed by atoms with Gasteiger partial charge in [-0.1, -0.05) is 49.5 Å². The van der Waals surface area contributed by atoms with Crippen LogP contribution in [0.1, 0.15) is 49.6 Å². The maximum atomic E-state index is 10.6. The van der Waals surface area contributed by atoms with E-state index >= 15 is 0 Å². The molecule has 0 saturated carbocycles. The van der Waals surface area contributed by atoms with Crippen LogP contribution in [0.5, 0.6) is 5.75 Å². The van der Waals surface area contributed by atoms with Gasteiger partial charge in [0.1, 0.15) is 11.8 Å². The number of nitrogens with zero attached hydrogens (tertiary/aromatic N) is 3. The lowest BCUT2D eigenvalue weighted by Crippen LogP contribution is -2.20. The van der Waals surface area contributed by atoms with E-state index in [1.165, 1.54) is 5.57 Å². The van der Waals surface area contributed by atoms with Gasteiger partial charge in [0.25, 0.3) is 0 Å². The Labute approximate surface area is 256 Å². The molecule has 9 nitrogen and oxygen atoms in total. The molecule has 43 heavy (non-hydrogen) atoms. The van der Waals surface area contributed by atoms with E-state index < -0.39 is 10.5 Å². The van der Waals surface area contributed by atoms with Crippen LogP contribution < -0.4 is 25.4 Å². The lowest BCUT2D eigenvalue weighted by molar-refractivity contribution is 0.418. The number of hydrogen-bond acceptors (Lipinski definition) is 9. The second kappa shape index (κ2) is 12.4. The largest absolute Gasteiger partial charge is 0.492 e. The normalized spacial score (nSPS) is 14.3. The highest BCUT2D eigenvalue weighted by Crippen LogP contribution is 2.44. The Bertz CT molecular complexity index is 1660. The second-order valence-corrected chi connectivity index (χ2v) is 15.1. The van der Waals surface area contributed by atoms with Crippen molar-refractivity contribution in [3.8, 4) is 5.75 Å². The number of anilines is 4. The van der Waals surface area contributed by atoms with E-state index in [-0.39, 0.29) is 5.41 Å². The SMILES string of the molecule is COc1c(NCc2ccc(C)c(Nc3ncnc4ccc(C5=CCNCC5)nc34)c2)cc(C(C)(C)C)cc1NS(C)(C)O. The van der Waals surface area contributed by atoms with Gasteiger partial charge >= 0.3 is 0 Å². The Morgan fingerprint density at radius 3 is 2.51 bits per heavy atom. The average molecular weight is 602 g/mol. The third-order valence-electron chi connectivity index (χ3n) is 7.43. The highest BCUT2D eigenvalue weighted by atomic mass is 32.3. The molecular formula is C33H43N7O2S. The number of fused-ring (bicyclic) bond motifs is 1. The Hall–Kier alpha value is -3.86. The molecule has 1 aliphatic heterocycles. The molecular weight excluding hydrogens is 558 g/mol. The van der Waals surface area contributed by atoms with Gasteiger partial charge in [0.2, 0.25) is 0 Å². The smallest absolute Gasteiger partial charge is 0.165 e.